The Labute approximate surface area is 157 Å². The zero-order chi connectivity index (χ0) is 18.3. The summed E-state index contributed by atoms with van der Waals surface area (Å²) in [4.78, 5) is 21.9. The molecule has 132 valence electrons. The maximum Gasteiger partial charge on any atom is 0.323 e. The minimum absolute atomic E-state index is 0.240. The molecule has 4 rings (SSSR count). The van der Waals surface area contributed by atoms with Crippen LogP contribution in [0, 0.1) is 0 Å². The number of aromatic amines is 1. The first-order valence-electron chi connectivity index (χ1n) is 7.65. The van der Waals surface area contributed by atoms with Crippen LogP contribution < -0.4 is 5.32 Å². The van der Waals surface area contributed by atoms with Gasteiger partial charge in [-0.1, -0.05) is 41.1 Å². The molecule has 0 fully saturated rings. The average molecular weight is 388 g/mol. The minimum atomic E-state index is -0.240. The molecular formula is C16H14ClN7OS. The van der Waals surface area contributed by atoms with E-state index < -0.39 is 0 Å². The van der Waals surface area contributed by atoms with Gasteiger partial charge in [-0.15, -0.1) is 0 Å². The average Bonchev–Trinajstić information content (AvgIpc) is 3.30. The minimum Gasteiger partial charge on any atom is -0.331 e. The Morgan fingerprint density at radius 2 is 2.15 bits per heavy atom. The van der Waals surface area contributed by atoms with Crippen LogP contribution in [0.5, 0.6) is 0 Å². The van der Waals surface area contributed by atoms with Crippen molar-refractivity contribution in [3.8, 4) is 17.1 Å². The van der Waals surface area contributed by atoms with Crippen LogP contribution in [0.15, 0.2) is 36.8 Å². The first-order chi connectivity index (χ1) is 12.5. The fraction of sp³-hybridized carbons (Fsp3) is 0.125. The molecule has 0 unspecified atom stereocenters. The number of hydrogen-bond acceptors (Lipinski definition) is 5. The third-order valence-electron chi connectivity index (χ3n) is 3.73. The summed E-state index contributed by atoms with van der Waals surface area (Å²) in [7, 11) is 3.34. The van der Waals surface area contributed by atoms with E-state index in [1.54, 1.807) is 26.6 Å². The standard InChI is InChI=1S/C16H14ClN7OS/c1-23(2)16(25)20-15-19-13-12(26-15)14(22-21-13)24-8-18-7-11(24)9-5-3-4-6-10(9)17/h3-8H,1-2H3,(H2,19,20,21,22,25). The largest absolute Gasteiger partial charge is 0.331 e. The lowest BCUT2D eigenvalue weighted by Gasteiger charge is -2.09. The van der Waals surface area contributed by atoms with Crippen molar-refractivity contribution in [2.45, 2.75) is 0 Å². The van der Waals surface area contributed by atoms with Crippen LogP contribution in [0.1, 0.15) is 0 Å². The van der Waals surface area contributed by atoms with E-state index in [-0.39, 0.29) is 6.03 Å². The number of fused-ring (bicyclic) bond motifs is 1. The van der Waals surface area contributed by atoms with Gasteiger partial charge >= 0.3 is 6.03 Å². The topological polar surface area (TPSA) is 91.7 Å². The lowest BCUT2D eigenvalue weighted by Crippen LogP contribution is -2.27. The Morgan fingerprint density at radius 3 is 2.92 bits per heavy atom. The molecule has 3 aromatic heterocycles. The van der Waals surface area contributed by atoms with Gasteiger partial charge in [0.25, 0.3) is 0 Å². The second kappa shape index (κ2) is 6.43. The third kappa shape index (κ3) is 2.80. The number of thiazole rings is 1. The highest BCUT2D eigenvalue weighted by atomic mass is 35.5. The fourth-order valence-electron chi connectivity index (χ4n) is 2.46. The summed E-state index contributed by atoms with van der Waals surface area (Å²) in [5, 5.41) is 11.1. The maximum atomic E-state index is 11.8. The zero-order valence-corrected chi connectivity index (χ0v) is 15.5. The number of H-pyrrole nitrogens is 1. The van der Waals surface area contributed by atoms with Crippen molar-refractivity contribution >= 4 is 44.4 Å². The predicted octanol–water partition coefficient (Wildman–Crippen LogP) is 3.62. The van der Waals surface area contributed by atoms with Crippen LogP contribution in [0.2, 0.25) is 5.02 Å². The van der Waals surface area contributed by atoms with Gasteiger partial charge in [-0.3, -0.25) is 15.0 Å². The van der Waals surface area contributed by atoms with Crippen molar-refractivity contribution in [1.82, 2.24) is 29.6 Å². The molecule has 3 heterocycles. The number of carbonyl (C=O) groups excluding carboxylic acids is 1. The molecule has 0 saturated heterocycles. The van der Waals surface area contributed by atoms with E-state index in [1.807, 2.05) is 28.8 Å². The molecular weight excluding hydrogens is 374 g/mol. The van der Waals surface area contributed by atoms with Crippen LogP contribution in [-0.2, 0) is 0 Å². The number of nitrogens with one attached hydrogen (secondary N) is 2. The number of imidazole rings is 1. The van der Waals surface area contributed by atoms with Crippen LogP contribution in [-0.4, -0.2) is 49.8 Å². The Bertz CT molecular complexity index is 1100. The SMILES string of the molecule is CN(C)C(=O)Nc1nc2[nH]nc(-n3cncc3-c3ccccc3Cl)c2s1. The van der Waals surface area contributed by atoms with Gasteiger partial charge in [0.05, 0.1) is 11.9 Å². The van der Waals surface area contributed by atoms with Crippen molar-refractivity contribution in [2.75, 3.05) is 19.4 Å². The van der Waals surface area contributed by atoms with E-state index in [2.05, 4.69) is 25.5 Å². The van der Waals surface area contributed by atoms with E-state index in [0.717, 1.165) is 16.0 Å². The summed E-state index contributed by atoms with van der Waals surface area (Å²) >= 11 is 7.66. The normalized spacial score (nSPS) is 11.0. The number of aromatic nitrogens is 5. The number of benzene rings is 1. The van der Waals surface area contributed by atoms with Crippen LogP contribution in [0.25, 0.3) is 27.4 Å². The Balaban J connectivity index is 1.77. The molecule has 0 spiro atoms. The first kappa shape index (κ1) is 16.6. The van der Waals surface area contributed by atoms with E-state index in [4.69, 9.17) is 11.6 Å². The summed E-state index contributed by atoms with van der Waals surface area (Å²) in [6.07, 6.45) is 3.41. The van der Waals surface area contributed by atoms with Crippen LogP contribution >= 0.6 is 22.9 Å². The van der Waals surface area contributed by atoms with E-state index in [9.17, 15) is 4.79 Å². The summed E-state index contributed by atoms with van der Waals surface area (Å²) in [5.74, 6) is 0.648. The third-order valence-corrected chi connectivity index (χ3v) is 5.03. The van der Waals surface area contributed by atoms with Gasteiger partial charge in [0.1, 0.15) is 11.0 Å². The summed E-state index contributed by atoms with van der Waals surface area (Å²) < 4.78 is 2.65. The highest BCUT2D eigenvalue weighted by Crippen LogP contribution is 2.33. The number of halogens is 1. The van der Waals surface area contributed by atoms with Gasteiger partial charge in [0, 0.05) is 24.7 Å². The Kier molecular flexibility index (Phi) is 4.09. The van der Waals surface area contributed by atoms with E-state index >= 15 is 0 Å². The molecule has 0 atom stereocenters. The molecule has 0 aliphatic heterocycles. The summed E-state index contributed by atoms with van der Waals surface area (Å²) in [5.41, 5.74) is 2.27. The van der Waals surface area contributed by atoms with Gasteiger partial charge in [-0.05, 0) is 6.07 Å². The number of carbonyl (C=O) groups is 1. The quantitative estimate of drug-likeness (QED) is 0.561. The number of nitrogens with zero attached hydrogens (tertiary/aromatic N) is 5. The van der Waals surface area contributed by atoms with Crippen molar-refractivity contribution in [2.24, 2.45) is 0 Å². The van der Waals surface area contributed by atoms with Crippen molar-refractivity contribution in [1.29, 1.82) is 0 Å². The summed E-state index contributed by atoms with van der Waals surface area (Å²) in [6.45, 7) is 0. The van der Waals surface area contributed by atoms with E-state index in [1.165, 1.54) is 16.2 Å². The molecule has 1 aromatic carbocycles. The number of anilines is 1. The smallest absolute Gasteiger partial charge is 0.323 e. The first-order valence-corrected chi connectivity index (χ1v) is 8.85. The molecule has 10 heteroatoms. The Morgan fingerprint density at radius 1 is 1.35 bits per heavy atom. The number of amides is 2. The summed E-state index contributed by atoms with van der Waals surface area (Å²) in [6, 6.07) is 7.31. The molecule has 26 heavy (non-hydrogen) atoms. The molecule has 0 radical (unpaired) electrons. The van der Waals surface area contributed by atoms with E-state index in [0.29, 0.717) is 21.6 Å². The van der Waals surface area contributed by atoms with Gasteiger partial charge in [0.2, 0.25) is 0 Å². The molecule has 0 aliphatic carbocycles. The number of rotatable bonds is 3. The lowest BCUT2D eigenvalue weighted by molar-refractivity contribution is 0.230. The number of urea groups is 1. The number of hydrogen-bond donors (Lipinski definition) is 2. The van der Waals surface area contributed by atoms with Crippen molar-refractivity contribution in [3.63, 3.8) is 0 Å². The van der Waals surface area contributed by atoms with Gasteiger partial charge in [-0.25, -0.2) is 14.8 Å². The highest BCUT2D eigenvalue weighted by Gasteiger charge is 2.18. The van der Waals surface area contributed by atoms with Crippen molar-refractivity contribution < 1.29 is 4.79 Å². The second-order valence-electron chi connectivity index (χ2n) is 5.70. The van der Waals surface area contributed by atoms with Gasteiger partial charge in [0.15, 0.2) is 16.6 Å². The molecule has 2 N–H and O–H groups in total. The fourth-order valence-corrected chi connectivity index (χ4v) is 3.58. The van der Waals surface area contributed by atoms with Crippen molar-refractivity contribution in [3.05, 3.63) is 41.8 Å². The van der Waals surface area contributed by atoms with Gasteiger partial charge < -0.3 is 4.90 Å². The second-order valence-corrected chi connectivity index (χ2v) is 7.10. The molecule has 0 bridgehead atoms. The molecule has 2 amide bonds. The monoisotopic (exact) mass is 387 g/mol. The predicted molar refractivity (Wildman–Crippen MR) is 102 cm³/mol. The maximum absolute atomic E-state index is 11.8. The molecule has 0 saturated carbocycles. The van der Waals surface area contributed by atoms with Crippen LogP contribution in [0.3, 0.4) is 0 Å². The lowest BCUT2D eigenvalue weighted by atomic mass is 10.1. The highest BCUT2D eigenvalue weighted by molar-refractivity contribution is 7.22. The molecule has 4 aromatic rings. The zero-order valence-electron chi connectivity index (χ0n) is 13.9. The van der Waals surface area contributed by atoms with Gasteiger partial charge in [-0.2, -0.15) is 5.10 Å². The molecule has 0 aliphatic rings. The molecule has 8 nitrogen and oxygen atoms in total. The Hall–Kier alpha value is -2.91. The van der Waals surface area contributed by atoms with Crippen LogP contribution in [0.4, 0.5) is 9.93 Å².